The van der Waals surface area contributed by atoms with Crippen LogP contribution in [-0.4, -0.2) is 119 Å². The summed E-state index contributed by atoms with van der Waals surface area (Å²) >= 11 is 0. The Balaban J connectivity index is 1.19. The standard InChI is InChI=1S/C44H71NO10/c1-10-12-20-50-42-41(48-8)27(5)52-44(43(42)49-9)54-30-21-28-16-17-31-33(32(28)22-30)23-35-34(31)24-38(46)53-29(11-2)14-13-15-37(25(3)40(35)47)55-39-19-18-36(45(6)7)26(4)51-39/h16-17,23,25-34,36-37,39,41-44H,10-15,18-22,24H2,1-9H3/t25-,26-,27+,28-,29+,30-,31-,32-,33-,34+,36+,37+,39+,41+,42-,43-,44+/m1/s1. The number of esters is 1. The summed E-state index contributed by atoms with van der Waals surface area (Å²) in [5, 5.41) is 0. The van der Waals surface area contributed by atoms with Crippen molar-refractivity contribution < 1.29 is 47.5 Å². The fraction of sp³-hybridized carbons (Fsp3) is 0.864. The fourth-order valence-electron chi connectivity index (χ4n) is 10.7. The van der Waals surface area contributed by atoms with Gasteiger partial charge in [0.1, 0.15) is 24.4 Å². The number of ether oxygens (including phenoxy) is 8. The van der Waals surface area contributed by atoms with E-state index in [0.717, 1.165) is 63.4 Å². The van der Waals surface area contributed by atoms with Gasteiger partial charge in [0.2, 0.25) is 0 Å². The van der Waals surface area contributed by atoms with Crippen molar-refractivity contribution in [3.8, 4) is 0 Å². The lowest BCUT2D eigenvalue weighted by atomic mass is 9.70. The largest absolute Gasteiger partial charge is 0.462 e. The third-order valence-electron chi connectivity index (χ3n) is 13.8. The Hall–Kier alpha value is -1.70. The van der Waals surface area contributed by atoms with Crippen LogP contribution in [0.2, 0.25) is 0 Å². The van der Waals surface area contributed by atoms with Crippen LogP contribution in [0.5, 0.6) is 0 Å². The Labute approximate surface area is 330 Å². The van der Waals surface area contributed by atoms with Gasteiger partial charge in [0.05, 0.1) is 30.8 Å². The molecule has 3 saturated heterocycles. The first-order valence-electron chi connectivity index (χ1n) is 21.6. The average molecular weight is 774 g/mol. The Morgan fingerprint density at radius 3 is 2.33 bits per heavy atom. The van der Waals surface area contributed by atoms with E-state index in [2.05, 4.69) is 58.0 Å². The van der Waals surface area contributed by atoms with Crippen molar-refractivity contribution in [3.63, 3.8) is 0 Å². The number of methoxy groups -OCH3 is 2. The molecule has 6 aliphatic rings. The van der Waals surface area contributed by atoms with E-state index in [1.54, 1.807) is 14.2 Å². The third-order valence-corrected chi connectivity index (χ3v) is 13.8. The molecular formula is C44H71NO10. The first kappa shape index (κ1) is 42.9. The van der Waals surface area contributed by atoms with Gasteiger partial charge in [-0.05, 0) is 115 Å². The molecule has 55 heavy (non-hydrogen) atoms. The van der Waals surface area contributed by atoms with Crippen LogP contribution in [0.4, 0.5) is 0 Å². The van der Waals surface area contributed by atoms with E-state index in [0.29, 0.717) is 25.0 Å². The Kier molecular flexibility index (Phi) is 15.1. The van der Waals surface area contributed by atoms with Crippen LogP contribution in [-0.2, 0) is 47.5 Å². The van der Waals surface area contributed by atoms with E-state index in [1.165, 1.54) is 0 Å². The van der Waals surface area contributed by atoms with Crippen molar-refractivity contribution in [1.29, 1.82) is 0 Å². The lowest BCUT2D eigenvalue weighted by Crippen LogP contribution is -2.60. The van der Waals surface area contributed by atoms with Crippen LogP contribution in [0, 0.1) is 35.5 Å². The maximum atomic E-state index is 14.7. The van der Waals surface area contributed by atoms with Crippen LogP contribution in [0.3, 0.4) is 0 Å². The molecule has 3 heterocycles. The molecule has 0 radical (unpaired) electrons. The minimum atomic E-state index is -0.592. The zero-order valence-electron chi connectivity index (χ0n) is 35.1. The molecule has 312 valence electrons. The van der Waals surface area contributed by atoms with E-state index in [4.69, 9.17) is 37.9 Å². The highest BCUT2D eigenvalue weighted by Crippen LogP contribution is 2.54. The second kappa shape index (κ2) is 19.4. The van der Waals surface area contributed by atoms with Gasteiger partial charge in [0.25, 0.3) is 0 Å². The van der Waals surface area contributed by atoms with Crippen LogP contribution >= 0.6 is 0 Å². The highest BCUT2D eigenvalue weighted by Gasteiger charge is 2.53. The van der Waals surface area contributed by atoms with E-state index in [1.807, 2.05) is 13.8 Å². The number of carbonyl (C=O) groups excluding carboxylic acids is 2. The topological polar surface area (TPSA) is 111 Å². The second-order valence-electron chi connectivity index (χ2n) is 17.5. The highest BCUT2D eigenvalue weighted by molar-refractivity contribution is 5.99. The molecule has 0 bridgehead atoms. The molecule has 3 aliphatic heterocycles. The first-order chi connectivity index (χ1) is 26.5. The number of hydrogen-bond donors (Lipinski definition) is 0. The number of Topliss-reactive ketones (excluding diaryl/α,β-unsaturated/α-hetero) is 1. The summed E-state index contributed by atoms with van der Waals surface area (Å²) in [4.78, 5) is 30.5. The molecule has 4 fully saturated rings. The summed E-state index contributed by atoms with van der Waals surface area (Å²) in [5.74, 6) is 0.0175. The van der Waals surface area contributed by atoms with Gasteiger partial charge in [0.15, 0.2) is 18.4 Å². The van der Waals surface area contributed by atoms with Gasteiger partial charge in [-0.25, -0.2) is 0 Å². The lowest BCUT2D eigenvalue weighted by Gasteiger charge is -2.44. The molecule has 0 N–H and O–H groups in total. The number of nitrogens with zero attached hydrogens (tertiary/aromatic N) is 1. The molecule has 0 amide bonds. The van der Waals surface area contributed by atoms with Crippen molar-refractivity contribution in [3.05, 3.63) is 23.8 Å². The monoisotopic (exact) mass is 774 g/mol. The molecule has 6 rings (SSSR count). The number of allylic oxidation sites excluding steroid dienone is 4. The molecule has 0 aromatic carbocycles. The first-order valence-corrected chi connectivity index (χ1v) is 21.6. The smallest absolute Gasteiger partial charge is 0.306 e. The summed E-state index contributed by atoms with van der Waals surface area (Å²) in [5.41, 5.74) is 0.767. The molecule has 3 aliphatic carbocycles. The SMILES string of the molecule is CCCCO[C@@H]1[C@@H](OC)[C@H](C)O[C@@H](O[C@H]2C[C@H]3[C@@H]4C=C5C(=O)[C@H](C)[C@@H](O[C@H]6CC[C@H](N(C)C)[C@@H](C)O6)CCC[C@H](CC)OC(=O)C[C@H]5[C@@H]4C=C[C@@H]3C2)[C@@H]1OC. The Morgan fingerprint density at radius 1 is 0.855 bits per heavy atom. The van der Waals surface area contributed by atoms with E-state index < -0.39 is 12.4 Å². The molecule has 0 aromatic rings. The number of carbonyl (C=O) groups is 2. The normalized spacial score (nSPS) is 43.9. The van der Waals surface area contributed by atoms with Gasteiger partial charge in [-0.3, -0.25) is 9.59 Å². The zero-order chi connectivity index (χ0) is 39.4. The maximum absolute atomic E-state index is 14.7. The van der Waals surface area contributed by atoms with Crippen molar-refractivity contribution in [2.45, 2.75) is 173 Å². The minimum absolute atomic E-state index is 0.0372. The van der Waals surface area contributed by atoms with Gasteiger partial charge in [0, 0.05) is 38.7 Å². The molecule has 0 aromatic heterocycles. The molecular weight excluding hydrogens is 702 g/mol. The van der Waals surface area contributed by atoms with E-state index in [-0.39, 0.29) is 96.8 Å². The van der Waals surface area contributed by atoms with Crippen LogP contribution in [0.1, 0.15) is 105 Å². The number of unbranched alkanes of at least 4 members (excludes halogenated alkanes) is 1. The van der Waals surface area contributed by atoms with E-state index >= 15 is 0 Å². The van der Waals surface area contributed by atoms with Crippen molar-refractivity contribution in [2.24, 2.45) is 35.5 Å². The predicted octanol–water partition coefficient (Wildman–Crippen LogP) is 6.66. The average Bonchev–Trinajstić information content (AvgIpc) is 3.74. The van der Waals surface area contributed by atoms with Crippen molar-refractivity contribution in [1.82, 2.24) is 4.90 Å². The number of hydrogen-bond acceptors (Lipinski definition) is 11. The molecule has 0 spiro atoms. The summed E-state index contributed by atoms with van der Waals surface area (Å²) in [6.45, 7) is 11.0. The number of fused-ring (bicyclic) bond motifs is 5. The number of ketones is 1. The van der Waals surface area contributed by atoms with Gasteiger partial charge >= 0.3 is 5.97 Å². The molecule has 0 unspecified atom stereocenters. The van der Waals surface area contributed by atoms with Gasteiger partial charge in [-0.2, -0.15) is 0 Å². The number of rotatable bonds is 12. The van der Waals surface area contributed by atoms with Crippen LogP contribution in [0.15, 0.2) is 23.8 Å². The number of cyclic esters (lactones) is 1. The summed E-state index contributed by atoms with van der Waals surface area (Å²) < 4.78 is 50.6. The predicted molar refractivity (Wildman–Crippen MR) is 208 cm³/mol. The lowest BCUT2D eigenvalue weighted by molar-refractivity contribution is -0.317. The Bertz CT molecular complexity index is 1340. The third kappa shape index (κ3) is 9.62. The summed E-state index contributed by atoms with van der Waals surface area (Å²) in [7, 11) is 7.56. The second-order valence-corrected chi connectivity index (χ2v) is 17.5. The van der Waals surface area contributed by atoms with Crippen molar-refractivity contribution >= 4 is 11.8 Å². The molecule has 11 heteroatoms. The summed E-state index contributed by atoms with van der Waals surface area (Å²) in [6.07, 6.45) is 12.9. The number of likely N-dealkylation sites (N-methyl/N-ethyl adjacent to an activating group) is 1. The van der Waals surface area contributed by atoms with Gasteiger partial charge in [-0.15, -0.1) is 0 Å². The van der Waals surface area contributed by atoms with Gasteiger partial charge < -0.3 is 42.8 Å². The fourth-order valence-corrected chi connectivity index (χ4v) is 10.7. The molecule has 11 nitrogen and oxygen atoms in total. The van der Waals surface area contributed by atoms with Gasteiger partial charge in [-0.1, -0.05) is 45.4 Å². The minimum Gasteiger partial charge on any atom is -0.462 e. The molecule has 1 saturated carbocycles. The Morgan fingerprint density at radius 2 is 1.64 bits per heavy atom. The molecule has 17 atom stereocenters. The maximum Gasteiger partial charge on any atom is 0.306 e. The van der Waals surface area contributed by atoms with Crippen LogP contribution < -0.4 is 0 Å². The summed E-state index contributed by atoms with van der Waals surface area (Å²) in [6, 6.07) is 0.338. The quantitative estimate of drug-likeness (QED) is 0.121. The highest BCUT2D eigenvalue weighted by atomic mass is 16.7. The van der Waals surface area contributed by atoms with Crippen molar-refractivity contribution in [2.75, 3.05) is 34.9 Å². The van der Waals surface area contributed by atoms with E-state index in [9.17, 15) is 9.59 Å². The zero-order valence-corrected chi connectivity index (χ0v) is 35.1. The van der Waals surface area contributed by atoms with Crippen LogP contribution in [0.25, 0.3) is 0 Å².